The highest BCUT2D eigenvalue weighted by atomic mass is 16.5. The Morgan fingerprint density at radius 2 is 1.72 bits per heavy atom. The van der Waals surface area contributed by atoms with Crippen molar-refractivity contribution in [3.05, 3.63) is 54.4 Å². The van der Waals surface area contributed by atoms with Gasteiger partial charge in [-0.2, -0.15) is 0 Å². The summed E-state index contributed by atoms with van der Waals surface area (Å²) >= 11 is 0. The number of hydrogen-bond acceptors (Lipinski definition) is 4. The number of imidazole rings is 1. The Kier molecular flexibility index (Phi) is 7.97. The molecule has 2 amide bonds. The maximum Gasteiger partial charge on any atom is 0.243 e. The number of aromatic nitrogens is 2. The maximum atomic E-state index is 13.7. The minimum atomic E-state index is -0.118. The molecule has 1 aromatic heterocycles. The molecule has 0 radical (unpaired) electrons. The summed E-state index contributed by atoms with van der Waals surface area (Å²) in [5, 5.41) is 0. The van der Waals surface area contributed by atoms with E-state index < -0.39 is 0 Å². The molecule has 7 nitrogen and oxygen atoms in total. The highest BCUT2D eigenvalue weighted by molar-refractivity contribution is 5.98. The number of para-hydroxylation sites is 4. The van der Waals surface area contributed by atoms with Gasteiger partial charge < -0.3 is 19.1 Å². The molecule has 1 fully saturated rings. The lowest BCUT2D eigenvalue weighted by atomic mass is 10.1. The minimum absolute atomic E-state index is 0.0397. The normalized spacial score (nSPS) is 17.4. The van der Waals surface area contributed by atoms with Crippen LogP contribution in [0.3, 0.4) is 0 Å². The molecule has 36 heavy (non-hydrogen) atoms. The summed E-state index contributed by atoms with van der Waals surface area (Å²) in [6.07, 6.45) is 2.15. The molecule has 0 bridgehead atoms. The van der Waals surface area contributed by atoms with Crippen molar-refractivity contribution < 1.29 is 14.3 Å². The molecule has 3 atom stereocenters. The van der Waals surface area contributed by atoms with Crippen LogP contribution in [0, 0.1) is 0 Å². The topological polar surface area (TPSA) is 67.7 Å². The molecule has 1 aliphatic heterocycles. The van der Waals surface area contributed by atoms with Crippen LogP contribution < -0.4 is 9.64 Å². The summed E-state index contributed by atoms with van der Waals surface area (Å²) in [5.41, 5.74) is 2.56. The number of fused-ring (bicyclic) bond motifs is 1. The van der Waals surface area contributed by atoms with Crippen LogP contribution in [0.1, 0.15) is 65.6 Å². The zero-order chi connectivity index (χ0) is 25.8. The summed E-state index contributed by atoms with van der Waals surface area (Å²) in [5.74, 6) is 1.51. The largest absolute Gasteiger partial charge is 0.492 e. The van der Waals surface area contributed by atoms with Crippen molar-refractivity contribution in [2.45, 2.75) is 78.4 Å². The lowest BCUT2D eigenvalue weighted by Gasteiger charge is -2.34. The van der Waals surface area contributed by atoms with E-state index in [4.69, 9.17) is 9.72 Å². The van der Waals surface area contributed by atoms with Crippen LogP contribution in [0.5, 0.6) is 5.75 Å². The fourth-order valence-electron chi connectivity index (χ4n) is 5.18. The van der Waals surface area contributed by atoms with E-state index in [1.165, 1.54) is 0 Å². The minimum Gasteiger partial charge on any atom is -0.492 e. The Bertz CT molecular complexity index is 1210. The van der Waals surface area contributed by atoms with Gasteiger partial charge >= 0.3 is 0 Å². The van der Waals surface area contributed by atoms with Gasteiger partial charge in [-0.1, -0.05) is 38.1 Å². The van der Waals surface area contributed by atoms with E-state index in [9.17, 15) is 9.59 Å². The zero-order valence-corrected chi connectivity index (χ0v) is 22.1. The third-order valence-electron chi connectivity index (χ3n) is 7.34. The van der Waals surface area contributed by atoms with Crippen LogP contribution in [0.4, 0.5) is 5.69 Å². The Labute approximate surface area is 214 Å². The van der Waals surface area contributed by atoms with Crippen LogP contribution in [0.2, 0.25) is 0 Å². The molecular formula is C29H38N4O3. The van der Waals surface area contributed by atoms with Crippen LogP contribution in [0.15, 0.2) is 48.5 Å². The van der Waals surface area contributed by atoms with Gasteiger partial charge in [0.25, 0.3) is 0 Å². The van der Waals surface area contributed by atoms with E-state index in [0.717, 1.165) is 35.4 Å². The summed E-state index contributed by atoms with van der Waals surface area (Å²) in [7, 11) is 0. The number of hydrogen-bond donors (Lipinski definition) is 0. The van der Waals surface area contributed by atoms with E-state index in [2.05, 4.69) is 27.7 Å². The number of benzene rings is 2. The van der Waals surface area contributed by atoms with Gasteiger partial charge in [-0.25, -0.2) is 4.98 Å². The first kappa shape index (κ1) is 25.7. The van der Waals surface area contributed by atoms with Gasteiger partial charge in [0, 0.05) is 31.0 Å². The van der Waals surface area contributed by atoms with Gasteiger partial charge in [0.1, 0.15) is 18.1 Å². The van der Waals surface area contributed by atoms with Crippen molar-refractivity contribution in [1.29, 1.82) is 0 Å². The van der Waals surface area contributed by atoms with Crippen molar-refractivity contribution in [3.63, 3.8) is 0 Å². The van der Waals surface area contributed by atoms with Crippen molar-refractivity contribution in [2.75, 3.05) is 18.1 Å². The second kappa shape index (κ2) is 11.1. The summed E-state index contributed by atoms with van der Waals surface area (Å²) < 4.78 is 7.82. The second-order valence-electron chi connectivity index (χ2n) is 9.67. The molecule has 2 aromatic carbocycles. The van der Waals surface area contributed by atoms with E-state index in [-0.39, 0.29) is 36.4 Å². The molecule has 1 saturated heterocycles. The summed E-state index contributed by atoms with van der Waals surface area (Å²) in [6.45, 7) is 11.6. The van der Waals surface area contributed by atoms with Crippen molar-refractivity contribution in [1.82, 2.24) is 14.5 Å². The summed E-state index contributed by atoms with van der Waals surface area (Å²) in [4.78, 5) is 35.6. The number of amides is 2. The zero-order valence-electron chi connectivity index (χ0n) is 22.1. The molecule has 4 rings (SSSR count). The predicted octanol–water partition coefficient (Wildman–Crippen LogP) is 5.38. The number of ether oxygens (including phenoxy) is 1. The molecule has 3 aromatic rings. The Balaban J connectivity index is 1.69. The average Bonchev–Trinajstić information content (AvgIpc) is 3.44. The maximum absolute atomic E-state index is 13.7. The van der Waals surface area contributed by atoms with E-state index in [1.807, 2.05) is 64.9 Å². The first-order valence-electron chi connectivity index (χ1n) is 13.2. The van der Waals surface area contributed by atoms with Crippen LogP contribution in [0.25, 0.3) is 11.0 Å². The second-order valence-corrected chi connectivity index (χ2v) is 9.67. The SMILES string of the molecule is CCOc1ccccc1N1CC(c2nc3ccccc3n2CC(=O)N(C(C)CC)C(C)CC)CC1=O. The first-order valence-corrected chi connectivity index (χ1v) is 13.2. The van der Waals surface area contributed by atoms with Crippen LogP contribution in [-0.2, 0) is 16.1 Å². The molecule has 0 saturated carbocycles. The van der Waals surface area contributed by atoms with Crippen LogP contribution in [-0.4, -0.2) is 51.5 Å². The van der Waals surface area contributed by atoms with Gasteiger partial charge in [-0.05, 0) is 57.9 Å². The molecule has 3 unspecified atom stereocenters. The number of anilines is 1. The molecule has 1 aliphatic rings. The van der Waals surface area contributed by atoms with Crippen molar-refractivity contribution in [3.8, 4) is 5.75 Å². The van der Waals surface area contributed by atoms with E-state index in [0.29, 0.717) is 25.3 Å². The fraction of sp³-hybridized carbons (Fsp3) is 0.483. The highest BCUT2D eigenvalue weighted by Gasteiger charge is 2.36. The number of carbonyl (C=O) groups excluding carboxylic acids is 2. The third-order valence-corrected chi connectivity index (χ3v) is 7.34. The lowest BCUT2D eigenvalue weighted by molar-refractivity contribution is -0.136. The number of rotatable bonds is 10. The van der Waals surface area contributed by atoms with Gasteiger partial charge in [0.2, 0.25) is 11.8 Å². The fourth-order valence-corrected chi connectivity index (χ4v) is 5.18. The summed E-state index contributed by atoms with van der Waals surface area (Å²) in [6, 6.07) is 15.9. The Morgan fingerprint density at radius 1 is 1.06 bits per heavy atom. The highest BCUT2D eigenvalue weighted by Crippen LogP contribution is 2.37. The predicted molar refractivity (Wildman–Crippen MR) is 143 cm³/mol. The first-order chi connectivity index (χ1) is 17.4. The molecule has 192 valence electrons. The smallest absolute Gasteiger partial charge is 0.243 e. The third kappa shape index (κ3) is 4.97. The standard InChI is InChI=1S/C29H38N4O3/c1-6-20(4)33(21(5)7-2)28(35)19-32-24-14-10-9-13-23(24)30-29(32)22-17-27(34)31(18-22)25-15-11-12-16-26(25)36-8-3/h9-16,20-22H,6-8,17-19H2,1-5H3. The Morgan fingerprint density at radius 3 is 2.42 bits per heavy atom. The molecule has 2 heterocycles. The number of nitrogens with zero attached hydrogens (tertiary/aromatic N) is 4. The molecule has 0 spiro atoms. The lowest BCUT2D eigenvalue weighted by Crippen LogP contribution is -2.46. The average molecular weight is 491 g/mol. The van der Waals surface area contributed by atoms with Gasteiger partial charge in [-0.15, -0.1) is 0 Å². The van der Waals surface area contributed by atoms with Gasteiger partial charge in [-0.3, -0.25) is 9.59 Å². The van der Waals surface area contributed by atoms with E-state index >= 15 is 0 Å². The van der Waals surface area contributed by atoms with Gasteiger partial charge in [0.15, 0.2) is 0 Å². The molecular weight excluding hydrogens is 452 g/mol. The quantitative estimate of drug-likeness (QED) is 0.383. The van der Waals surface area contributed by atoms with Gasteiger partial charge in [0.05, 0.1) is 23.3 Å². The molecule has 0 aliphatic carbocycles. The Hall–Kier alpha value is -3.35. The number of carbonyl (C=O) groups is 2. The monoisotopic (exact) mass is 490 g/mol. The van der Waals surface area contributed by atoms with E-state index in [1.54, 1.807) is 4.90 Å². The van der Waals surface area contributed by atoms with Crippen molar-refractivity contribution >= 4 is 28.5 Å². The molecule has 0 N–H and O–H groups in total. The molecule has 7 heteroatoms. The van der Waals surface area contributed by atoms with Crippen LogP contribution >= 0.6 is 0 Å². The van der Waals surface area contributed by atoms with Crippen molar-refractivity contribution in [2.24, 2.45) is 0 Å².